The number of allylic oxidation sites excluding steroid dienone is 24. The number of ether oxygens (including phenoxy) is 2. The molecular weight excluding hydrogens is 854 g/mol. The van der Waals surface area contributed by atoms with E-state index in [4.69, 9.17) is 18.5 Å². The molecule has 0 spiro atoms. The van der Waals surface area contributed by atoms with Crippen LogP contribution >= 0.6 is 7.82 Å². The molecular formula is C58H94NO7P. The monoisotopic (exact) mass is 948 g/mol. The summed E-state index contributed by atoms with van der Waals surface area (Å²) in [5.74, 6) is -0.378. The van der Waals surface area contributed by atoms with Gasteiger partial charge in [0.15, 0.2) is 0 Å². The average Bonchev–Trinajstić information content (AvgIpc) is 3.29. The summed E-state index contributed by atoms with van der Waals surface area (Å²) >= 11 is 0. The van der Waals surface area contributed by atoms with Gasteiger partial charge in [0.05, 0.1) is 34.4 Å². The van der Waals surface area contributed by atoms with Gasteiger partial charge >= 0.3 is 5.97 Å². The lowest BCUT2D eigenvalue weighted by Gasteiger charge is -2.28. The molecule has 0 N–H and O–H groups in total. The second-order valence-corrected chi connectivity index (χ2v) is 18.8. The fraction of sp³-hybridized carbons (Fsp3) is 0.569. The molecule has 0 heterocycles. The Morgan fingerprint density at radius 3 is 1.21 bits per heavy atom. The van der Waals surface area contributed by atoms with Gasteiger partial charge in [0.2, 0.25) is 0 Å². The van der Waals surface area contributed by atoms with Crippen molar-refractivity contribution < 1.29 is 37.3 Å². The molecule has 0 aliphatic carbocycles. The van der Waals surface area contributed by atoms with Crippen LogP contribution in [0.15, 0.2) is 146 Å². The molecule has 378 valence electrons. The third kappa shape index (κ3) is 53.2. The number of phosphoric acid groups is 1. The van der Waals surface area contributed by atoms with E-state index in [1.165, 1.54) is 0 Å². The van der Waals surface area contributed by atoms with E-state index in [0.717, 1.165) is 128 Å². The Hall–Kier alpha value is -3.62. The maximum Gasteiger partial charge on any atom is 0.306 e. The number of hydrogen-bond donors (Lipinski definition) is 0. The van der Waals surface area contributed by atoms with Crippen LogP contribution in [0.25, 0.3) is 0 Å². The minimum atomic E-state index is -4.56. The zero-order valence-corrected chi connectivity index (χ0v) is 43.7. The van der Waals surface area contributed by atoms with Gasteiger partial charge in [-0.05, 0) is 116 Å². The summed E-state index contributed by atoms with van der Waals surface area (Å²) in [6.45, 7) is 5.01. The SMILES string of the molecule is CC/C=C\C/C=C\C/C=C\C/C=C\C/C=C\C/C=C\CCCCCCC(=O)OC(COCCCCC/C=C\C/C=C\C/C=C\C/C=C\C/C=C\C/C=C\CC)COP(=O)([O-])OCC[N+](C)(C)C. The summed E-state index contributed by atoms with van der Waals surface area (Å²) < 4.78 is 34.7. The van der Waals surface area contributed by atoms with Crippen molar-refractivity contribution in [1.82, 2.24) is 0 Å². The number of nitrogens with zero attached hydrogens (tertiary/aromatic N) is 1. The highest BCUT2D eigenvalue weighted by Crippen LogP contribution is 2.38. The van der Waals surface area contributed by atoms with E-state index in [1.807, 2.05) is 21.1 Å². The van der Waals surface area contributed by atoms with Crippen LogP contribution in [-0.2, 0) is 27.9 Å². The van der Waals surface area contributed by atoms with E-state index in [2.05, 4.69) is 160 Å². The molecule has 0 rings (SSSR count). The summed E-state index contributed by atoms with van der Waals surface area (Å²) in [5, 5.41) is 0. The number of quaternary nitrogens is 1. The molecule has 2 unspecified atom stereocenters. The van der Waals surface area contributed by atoms with Crippen LogP contribution in [0.1, 0.15) is 155 Å². The fourth-order valence-electron chi connectivity index (χ4n) is 6.02. The molecule has 0 aromatic rings. The van der Waals surface area contributed by atoms with Crippen LogP contribution in [-0.4, -0.2) is 70.7 Å². The number of esters is 1. The summed E-state index contributed by atoms with van der Waals surface area (Å²) in [6, 6.07) is 0. The minimum Gasteiger partial charge on any atom is -0.756 e. The van der Waals surface area contributed by atoms with Crippen LogP contribution in [0.5, 0.6) is 0 Å². The van der Waals surface area contributed by atoms with Crippen molar-refractivity contribution in [3.05, 3.63) is 146 Å². The zero-order chi connectivity index (χ0) is 49.0. The molecule has 0 fully saturated rings. The first kappa shape index (κ1) is 63.4. The van der Waals surface area contributed by atoms with E-state index >= 15 is 0 Å². The minimum absolute atomic E-state index is 0.00386. The third-order valence-corrected chi connectivity index (χ3v) is 10.9. The number of carbonyl (C=O) groups is 1. The number of phosphoric ester groups is 1. The van der Waals surface area contributed by atoms with Crippen LogP contribution < -0.4 is 4.89 Å². The molecule has 8 nitrogen and oxygen atoms in total. The summed E-state index contributed by atoms with van der Waals surface area (Å²) in [5.41, 5.74) is 0. The molecule has 67 heavy (non-hydrogen) atoms. The Morgan fingerprint density at radius 2 is 0.821 bits per heavy atom. The lowest BCUT2D eigenvalue weighted by molar-refractivity contribution is -0.870. The predicted octanol–water partition coefficient (Wildman–Crippen LogP) is 15.4. The number of carbonyl (C=O) groups excluding carboxylic acids is 1. The number of rotatable bonds is 45. The van der Waals surface area contributed by atoms with Crippen molar-refractivity contribution >= 4 is 13.8 Å². The fourth-order valence-corrected chi connectivity index (χ4v) is 6.75. The molecule has 0 aliphatic heterocycles. The van der Waals surface area contributed by atoms with Crippen molar-refractivity contribution in [3.8, 4) is 0 Å². The molecule has 0 aromatic carbocycles. The predicted molar refractivity (Wildman–Crippen MR) is 286 cm³/mol. The molecule has 0 radical (unpaired) electrons. The van der Waals surface area contributed by atoms with Crippen molar-refractivity contribution in [3.63, 3.8) is 0 Å². The first-order chi connectivity index (χ1) is 32.6. The summed E-state index contributed by atoms with van der Waals surface area (Å²) in [6.07, 6.45) is 73.0. The topological polar surface area (TPSA) is 94.1 Å². The van der Waals surface area contributed by atoms with E-state index in [-0.39, 0.29) is 32.2 Å². The van der Waals surface area contributed by atoms with E-state index in [0.29, 0.717) is 24.1 Å². The second kappa shape index (κ2) is 48.8. The highest BCUT2D eigenvalue weighted by molar-refractivity contribution is 7.45. The highest BCUT2D eigenvalue weighted by atomic mass is 31.2. The van der Waals surface area contributed by atoms with Gasteiger partial charge in [-0.2, -0.15) is 0 Å². The van der Waals surface area contributed by atoms with Gasteiger partial charge in [-0.25, -0.2) is 0 Å². The summed E-state index contributed by atoms with van der Waals surface area (Å²) in [4.78, 5) is 25.2. The lowest BCUT2D eigenvalue weighted by atomic mass is 10.1. The van der Waals surface area contributed by atoms with E-state index in [1.54, 1.807) is 0 Å². The Bertz CT molecular complexity index is 1570. The molecule has 0 bridgehead atoms. The quantitative estimate of drug-likeness (QED) is 0.0197. The molecule has 0 aromatic heterocycles. The molecule has 0 amide bonds. The first-order valence-electron chi connectivity index (χ1n) is 25.6. The highest BCUT2D eigenvalue weighted by Gasteiger charge is 2.20. The number of unbranched alkanes of at least 4 members (excludes halogenated alkanes) is 7. The van der Waals surface area contributed by atoms with Gasteiger partial charge < -0.3 is 27.9 Å². The Kier molecular flexibility index (Phi) is 46.2. The van der Waals surface area contributed by atoms with Gasteiger partial charge in [0.1, 0.15) is 19.3 Å². The summed E-state index contributed by atoms with van der Waals surface area (Å²) in [7, 11) is 1.29. The van der Waals surface area contributed by atoms with Gasteiger partial charge in [0.25, 0.3) is 7.82 Å². The maximum atomic E-state index is 12.8. The van der Waals surface area contributed by atoms with Crippen molar-refractivity contribution in [2.24, 2.45) is 0 Å². The van der Waals surface area contributed by atoms with Crippen LogP contribution in [0, 0.1) is 0 Å². The first-order valence-corrected chi connectivity index (χ1v) is 27.0. The molecule has 2 atom stereocenters. The maximum absolute atomic E-state index is 12.8. The van der Waals surface area contributed by atoms with Crippen molar-refractivity contribution in [1.29, 1.82) is 0 Å². The molecule has 0 aliphatic rings. The number of hydrogen-bond acceptors (Lipinski definition) is 7. The Balaban J connectivity index is 4.34. The van der Waals surface area contributed by atoms with Crippen LogP contribution in [0.4, 0.5) is 0 Å². The van der Waals surface area contributed by atoms with Crippen molar-refractivity contribution in [2.45, 2.75) is 161 Å². The van der Waals surface area contributed by atoms with Gasteiger partial charge in [-0.15, -0.1) is 0 Å². The lowest BCUT2D eigenvalue weighted by Crippen LogP contribution is -2.37. The van der Waals surface area contributed by atoms with Crippen LogP contribution in [0.3, 0.4) is 0 Å². The third-order valence-electron chi connectivity index (χ3n) is 9.89. The largest absolute Gasteiger partial charge is 0.756 e. The average molecular weight is 948 g/mol. The van der Waals surface area contributed by atoms with E-state index in [9.17, 15) is 14.3 Å². The standard InChI is InChI=1S/C58H94NO7P/c1-6-8-10-12-14-16-18-20-22-24-26-28-30-31-33-35-37-39-41-43-45-47-49-51-58(60)66-57(56-65-67(61,62)64-54-52-59(3,4)5)55-63-53-50-48-46-44-42-40-38-36-34-32-29-27-25-23-21-19-17-15-13-11-9-7-2/h8-11,14-17,20-23,26-29,31,33-34,36-37,39-40,42,57H,6-7,12-13,18-19,24-25,30,32,35,38,41,43-56H2,1-5H3/b10-8-,11-9-,16-14-,17-15-,22-20-,23-21-,28-26-,29-27-,33-31-,36-34-,39-37-,42-40-. The smallest absolute Gasteiger partial charge is 0.306 e. The van der Waals surface area contributed by atoms with Gasteiger partial charge in [0, 0.05) is 13.0 Å². The van der Waals surface area contributed by atoms with E-state index < -0.39 is 13.9 Å². The molecule has 9 heteroatoms. The Labute approximate surface area is 410 Å². The van der Waals surface area contributed by atoms with Crippen molar-refractivity contribution in [2.75, 3.05) is 54.1 Å². The van der Waals surface area contributed by atoms with Gasteiger partial charge in [-0.1, -0.05) is 179 Å². The normalized spacial score (nSPS) is 14.8. The zero-order valence-electron chi connectivity index (χ0n) is 42.8. The van der Waals surface area contributed by atoms with Crippen LogP contribution in [0.2, 0.25) is 0 Å². The van der Waals surface area contributed by atoms with Gasteiger partial charge in [-0.3, -0.25) is 9.36 Å². The number of likely N-dealkylation sites (N-methyl/N-ethyl adjacent to an activating group) is 1. The molecule has 0 saturated carbocycles. The Morgan fingerprint density at radius 1 is 0.463 bits per heavy atom. The molecule has 0 saturated heterocycles. The second-order valence-electron chi connectivity index (χ2n) is 17.4.